The average Bonchev–Trinajstić information content (AvgIpc) is 2.29. The average molecular weight is 220 g/mol. The van der Waals surface area contributed by atoms with Gasteiger partial charge in [-0.3, -0.25) is 0 Å². The van der Waals surface area contributed by atoms with Gasteiger partial charge in [0, 0.05) is 25.7 Å². The van der Waals surface area contributed by atoms with Gasteiger partial charge >= 0.3 is 0 Å². The third-order valence-electron chi connectivity index (χ3n) is 3.25. The van der Waals surface area contributed by atoms with Crippen LogP contribution in [0, 0.1) is 12.8 Å². The molecule has 2 heterocycles. The van der Waals surface area contributed by atoms with Crippen molar-refractivity contribution < 1.29 is 0 Å². The van der Waals surface area contributed by atoms with Crippen LogP contribution >= 0.6 is 0 Å². The molecular weight excluding hydrogens is 200 g/mol. The molecule has 88 valence electrons. The highest BCUT2D eigenvalue weighted by atomic mass is 15.2. The van der Waals surface area contributed by atoms with Crippen molar-refractivity contribution in [2.75, 3.05) is 30.4 Å². The molecule has 0 spiro atoms. The number of aromatic nitrogens is 2. The third-order valence-corrected chi connectivity index (χ3v) is 3.25. The molecule has 1 aliphatic heterocycles. The maximum atomic E-state index is 4.42. The lowest BCUT2D eigenvalue weighted by atomic mass is 10.00. The van der Waals surface area contributed by atoms with Gasteiger partial charge in [-0.1, -0.05) is 6.92 Å². The summed E-state index contributed by atoms with van der Waals surface area (Å²) in [6.07, 6.45) is 4.24. The number of hydrogen-bond donors (Lipinski definition) is 1. The predicted octanol–water partition coefficient (Wildman–Crippen LogP) is 2.06. The fraction of sp³-hybridized carbons (Fsp3) is 0.667. The molecule has 0 amide bonds. The second kappa shape index (κ2) is 4.68. The Labute approximate surface area is 97.1 Å². The third kappa shape index (κ3) is 2.10. The zero-order chi connectivity index (χ0) is 11.5. The highest BCUT2D eigenvalue weighted by Gasteiger charge is 2.20. The Morgan fingerprint density at radius 1 is 1.44 bits per heavy atom. The Hall–Kier alpha value is -1.32. The van der Waals surface area contributed by atoms with Gasteiger partial charge in [0.2, 0.25) is 0 Å². The number of nitrogens with zero attached hydrogens (tertiary/aromatic N) is 3. The molecule has 1 N–H and O–H groups in total. The van der Waals surface area contributed by atoms with Gasteiger partial charge in [0.1, 0.15) is 18.0 Å². The first-order chi connectivity index (χ1) is 7.72. The van der Waals surface area contributed by atoms with E-state index < -0.39 is 0 Å². The summed E-state index contributed by atoms with van der Waals surface area (Å²) in [6, 6.07) is 0. The van der Waals surface area contributed by atoms with Crippen molar-refractivity contribution in [1.82, 2.24) is 9.97 Å². The molecular formula is C12H20N4. The first-order valence-electron chi connectivity index (χ1n) is 5.96. The SMILES string of the molecule is CNc1ncnc(N2CCCC(C)C2)c1C. The summed E-state index contributed by atoms with van der Waals surface area (Å²) in [4.78, 5) is 11.0. The van der Waals surface area contributed by atoms with Crippen LogP contribution < -0.4 is 10.2 Å². The lowest BCUT2D eigenvalue weighted by Gasteiger charge is -2.32. The second-order valence-electron chi connectivity index (χ2n) is 4.61. The fourth-order valence-corrected chi connectivity index (χ4v) is 2.39. The smallest absolute Gasteiger partial charge is 0.137 e. The summed E-state index contributed by atoms with van der Waals surface area (Å²) in [5, 5.41) is 3.11. The summed E-state index contributed by atoms with van der Waals surface area (Å²) in [5.74, 6) is 2.79. The molecule has 4 heteroatoms. The summed E-state index contributed by atoms with van der Waals surface area (Å²) in [7, 11) is 1.90. The van der Waals surface area contributed by atoms with E-state index in [0.717, 1.165) is 36.2 Å². The molecule has 1 aliphatic rings. The molecule has 0 saturated carbocycles. The molecule has 1 unspecified atom stereocenters. The van der Waals surface area contributed by atoms with E-state index in [1.54, 1.807) is 6.33 Å². The van der Waals surface area contributed by atoms with Crippen LogP contribution in [0.2, 0.25) is 0 Å². The lowest BCUT2D eigenvalue weighted by Crippen LogP contribution is -2.35. The highest BCUT2D eigenvalue weighted by molar-refractivity contribution is 5.57. The second-order valence-corrected chi connectivity index (χ2v) is 4.61. The van der Waals surface area contributed by atoms with Crippen LogP contribution in [0.1, 0.15) is 25.3 Å². The molecule has 0 radical (unpaired) electrons. The van der Waals surface area contributed by atoms with Gasteiger partial charge in [-0.05, 0) is 25.7 Å². The van der Waals surface area contributed by atoms with Gasteiger partial charge in [-0.15, -0.1) is 0 Å². The van der Waals surface area contributed by atoms with Crippen molar-refractivity contribution in [3.8, 4) is 0 Å². The minimum absolute atomic E-state index is 0.765. The highest BCUT2D eigenvalue weighted by Crippen LogP contribution is 2.26. The van der Waals surface area contributed by atoms with Crippen LogP contribution in [-0.4, -0.2) is 30.1 Å². The van der Waals surface area contributed by atoms with Crippen LogP contribution in [0.4, 0.5) is 11.6 Å². The fourth-order valence-electron chi connectivity index (χ4n) is 2.39. The predicted molar refractivity (Wildman–Crippen MR) is 66.9 cm³/mol. The van der Waals surface area contributed by atoms with E-state index in [2.05, 4.69) is 34.0 Å². The zero-order valence-corrected chi connectivity index (χ0v) is 10.3. The first-order valence-corrected chi connectivity index (χ1v) is 5.96. The Balaban J connectivity index is 2.25. The molecule has 1 fully saturated rings. The van der Waals surface area contributed by atoms with Crippen LogP contribution in [0.3, 0.4) is 0 Å². The molecule has 1 aromatic heterocycles. The van der Waals surface area contributed by atoms with E-state index >= 15 is 0 Å². The van der Waals surface area contributed by atoms with Crippen molar-refractivity contribution in [2.24, 2.45) is 5.92 Å². The Morgan fingerprint density at radius 3 is 2.94 bits per heavy atom. The van der Waals surface area contributed by atoms with Gasteiger partial charge < -0.3 is 10.2 Å². The van der Waals surface area contributed by atoms with E-state index in [1.165, 1.54) is 12.8 Å². The van der Waals surface area contributed by atoms with E-state index in [0.29, 0.717) is 0 Å². The number of piperidine rings is 1. The quantitative estimate of drug-likeness (QED) is 0.828. The van der Waals surface area contributed by atoms with Gasteiger partial charge in [0.25, 0.3) is 0 Å². The Morgan fingerprint density at radius 2 is 2.25 bits per heavy atom. The minimum Gasteiger partial charge on any atom is -0.373 e. The van der Waals surface area contributed by atoms with Crippen LogP contribution in [0.25, 0.3) is 0 Å². The topological polar surface area (TPSA) is 41.1 Å². The molecule has 1 atom stereocenters. The molecule has 1 saturated heterocycles. The number of rotatable bonds is 2. The van der Waals surface area contributed by atoms with Crippen molar-refractivity contribution in [1.29, 1.82) is 0 Å². The van der Waals surface area contributed by atoms with Crippen LogP contribution in [0.15, 0.2) is 6.33 Å². The van der Waals surface area contributed by atoms with Crippen molar-refractivity contribution in [2.45, 2.75) is 26.7 Å². The Kier molecular flexibility index (Phi) is 3.27. The van der Waals surface area contributed by atoms with E-state index in [9.17, 15) is 0 Å². The largest absolute Gasteiger partial charge is 0.373 e. The normalized spacial score (nSPS) is 20.9. The summed E-state index contributed by atoms with van der Waals surface area (Å²) < 4.78 is 0. The van der Waals surface area contributed by atoms with Gasteiger partial charge in [0.15, 0.2) is 0 Å². The van der Waals surface area contributed by atoms with Crippen molar-refractivity contribution >= 4 is 11.6 Å². The molecule has 0 bridgehead atoms. The maximum Gasteiger partial charge on any atom is 0.137 e. The van der Waals surface area contributed by atoms with Crippen molar-refractivity contribution in [3.05, 3.63) is 11.9 Å². The number of nitrogens with one attached hydrogen (secondary N) is 1. The van der Waals surface area contributed by atoms with Crippen LogP contribution in [0.5, 0.6) is 0 Å². The van der Waals surface area contributed by atoms with Gasteiger partial charge in [-0.2, -0.15) is 0 Å². The summed E-state index contributed by atoms with van der Waals surface area (Å²) in [5.41, 5.74) is 1.15. The minimum atomic E-state index is 0.765. The molecule has 0 aromatic carbocycles. The molecule has 4 nitrogen and oxygen atoms in total. The number of anilines is 2. The monoisotopic (exact) mass is 220 g/mol. The first kappa shape index (κ1) is 11.2. The van der Waals surface area contributed by atoms with Gasteiger partial charge in [0.05, 0.1) is 0 Å². The zero-order valence-electron chi connectivity index (χ0n) is 10.3. The Bertz CT molecular complexity index is 364. The van der Waals surface area contributed by atoms with Gasteiger partial charge in [-0.25, -0.2) is 9.97 Å². The van der Waals surface area contributed by atoms with Crippen LogP contribution in [-0.2, 0) is 0 Å². The standard InChI is InChI=1S/C12H20N4/c1-9-5-4-6-16(7-9)12-10(2)11(13-3)14-8-15-12/h8-9H,4-7H2,1-3H3,(H,13,14,15). The number of hydrogen-bond acceptors (Lipinski definition) is 4. The molecule has 0 aliphatic carbocycles. The maximum absolute atomic E-state index is 4.42. The van der Waals surface area contributed by atoms with E-state index in [-0.39, 0.29) is 0 Å². The van der Waals surface area contributed by atoms with E-state index in [1.807, 2.05) is 7.05 Å². The van der Waals surface area contributed by atoms with Crippen molar-refractivity contribution in [3.63, 3.8) is 0 Å². The molecule has 1 aromatic rings. The summed E-state index contributed by atoms with van der Waals surface area (Å²) >= 11 is 0. The summed E-state index contributed by atoms with van der Waals surface area (Å²) in [6.45, 7) is 6.62. The van der Waals surface area contributed by atoms with E-state index in [4.69, 9.17) is 0 Å². The molecule has 16 heavy (non-hydrogen) atoms. The molecule has 2 rings (SSSR count). The lowest BCUT2D eigenvalue weighted by molar-refractivity contribution is 0.444.